The van der Waals surface area contributed by atoms with E-state index in [0.717, 1.165) is 11.3 Å². The molecule has 0 aliphatic rings. The standard InChI is InChI=1S/C15H19NO3S3/c1-3-16(8-9-19-11(2)17)14(18)13-6-4-12(5-7-13)10-22-15(20)21/h4-7H,3,8-10H2,1-2H3,(H,20,21). The molecule has 0 heterocycles. The molecule has 0 saturated carbocycles. The number of thiol groups is 1. The van der Waals surface area contributed by atoms with Gasteiger partial charge in [-0.25, -0.2) is 0 Å². The summed E-state index contributed by atoms with van der Waals surface area (Å²) in [6, 6.07) is 7.42. The first-order chi connectivity index (χ1) is 10.4. The molecule has 0 aliphatic heterocycles. The van der Waals surface area contributed by atoms with Crippen LogP contribution in [0.2, 0.25) is 0 Å². The molecule has 0 atom stereocenters. The second-order valence-electron chi connectivity index (χ2n) is 4.48. The SMILES string of the molecule is CCN(CCOC(C)=O)C(=O)c1ccc(CSC(=S)S)cc1. The maximum Gasteiger partial charge on any atom is 0.302 e. The predicted molar refractivity (Wildman–Crippen MR) is 97.5 cm³/mol. The van der Waals surface area contributed by atoms with Gasteiger partial charge in [-0.3, -0.25) is 9.59 Å². The van der Waals surface area contributed by atoms with E-state index in [2.05, 4.69) is 12.6 Å². The van der Waals surface area contributed by atoms with Gasteiger partial charge in [-0.2, -0.15) is 0 Å². The molecule has 1 aromatic rings. The summed E-state index contributed by atoms with van der Waals surface area (Å²) in [4.78, 5) is 24.8. The number of thioether (sulfide) groups is 1. The minimum absolute atomic E-state index is 0.0708. The number of amides is 1. The summed E-state index contributed by atoms with van der Waals surface area (Å²) in [6.45, 7) is 4.41. The van der Waals surface area contributed by atoms with Crippen LogP contribution < -0.4 is 0 Å². The maximum atomic E-state index is 12.4. The van der Waals surface area contributed by atoms with Crippen molar-refractivity contribution >= 4 is 52.0 Å². The van der Waals surface area contributed by atoms with Gasteiger partial charge in [0.2, 0.25) is 0 Å². The lowest BCUT2D eigenvalue weighted by Gasteiger charge is -2.20. The predicted octanol–water partition coefficient (Wildman–Crippen LogP) is 3.16. The van der Waals surface area contributed by atoms with Crippen molar-refractivity contribution in [2.45, 2.75) is 19.6 Å². The van der Waals surface area contributed by atoms with Gasteiger partial charge < -0.3 is 9.64 Å². The minimum atomic E-state index is -0.340. The first-order valence-electron chi connectivity index (χ1n) is 6.81. The van der Waals surface area contributed by atoms with Crippen molar-refractivity contribution in [2.24, 2.45) is 0 Å². The molecule has 0 aliphatic carbocycles. The molecule has 0 spiro atoms. The number of benzene rings is 1. The van der Waals surface area contributed by atoms with Crippen LogP contribution in [0, 0.1) is 0 Å². The molecule has 0 radical (unpaired) electrons. The third kappa shape index (κ3) is 6.81. The van der Waals surface area contributed by atoms with Crippen LogP contribution in [0.5, 0.6) is 0 Å². The monoisotopic (exact) mass is 357 g/mol. The summed E-state index contributed by atoms with van der Waals surface area (Å²) in [5.41, 5.74) is 1.70. The number of esters is 1. The van der Waals surface area contributed by atoms with E-state index in [-0.39, 0.29) is 18.5 Å². The van der Waals surface area contributed by atoms with Gasteiger partial charge in [0, 0.05) is 24.8 Å². The molecule has 0 unspecified atom stereocenters. The summed E-state index contributed by atoms with van der Waals surface area (Å²) in [5.74, 6) is 0.326. The van der Waals surface area contributed by atoms with E-state index in [0.29, 0.717) is 22.2 Å². The van der Waals surface area contributed by atoms with Crippen LogP contribution >= 0.6 is 36.6 Å². The fraction of sp³-hybridized carbons (Fsp3) is 0.400. The Morgan fingerprint density at radius 2 is 1.95 bits per heavy atom. The first kappa shape index (κ1) is 19.0. The molecule has 0 bridgehead atoms. The summed E-state index contributed by atoms with van der Waals surface area (Å²) in [6.07, 6.45) is 0. The molecule has 1 rings (SSSR count). The quantitative estimate of drug-likeness (QED) is 0.461. The van der Waals surface area contributed by atoms with Crippen molar-refractivity contribution in [2.75, 3.05) is 19.7 Å². The topological polar surface area (TPSA) is 46.6 Å². The lowest BCUT2D eigenvalue weighted by molar-refractivity contribution is -0.141. The number of carbonyl (C=O) groups is 2. The number of likely N-dealkylation sites (N-methyl/N-ethyl adjacent to an activating group) is 1. The molecule has 0 fully saturated rings. The van der Waals surface area contributed by atoms with Crippen LogP contribution in [0.25, 0.3) is 0 Å². The van der Waals surface area contributed by atoms with Crippen LogP contribution in [0.15, 0.2) is 24.3 Å². The van der Waals surface area contributed by atoms with E-state index in [4.69, 9.17) is 17.0 Å². The minimum Gasteiger partial charge on any atom is -0.464 e. The number of hydrogen-bond acceptors (Lipinski definition) is 5. The molecular formula is C15H19NO3S3. The van der Waals surface area contributed by atoms with Gasteiger partial charge in [-0.1, -0.05) is 24.4 Å². The van der Waals surface area contributed by atoms with Crippen LogP contribution in [0.3, 0.4) is 0 Å². The van der Waals surface area contributed by atoms with E-state index in [1.807, 2.05) is 19.1 Å². The highest BCUT2D eigenvalue weighted by molar-refractivity contribution is 8.41. The molecule has 7 heteroatoms. The number of ether oxygens (including phenoxy) is 1. The van der Waals surface area contributed by atoms with Crippen molar-refractivity contribution < 1.29 is 14.3 Å². The average Bonchev–Trinajstić information content (AvgIpc) is 2.49. The highest BCUT2D eigenvalue weighted by Gasteiger charge is 2.14. The zero-order valence-electron chi connectivity index (χ0n) is 12.6. The third-order valence-electron chi connectivity index (χ3n) is 2.90. The molecule has 4 nitrogen and oxygen atoms in total. The van der Waals surface area contributed by atoms with Gasteiger partial charge in [-0.05, 0) is 24.6 Å². The van der Waals surface area contributed by atoms with Crippen molar-refractivity contribution in [1.82, 2.24) is 4.90 Å². The van der Waals surface area contributed by atoms with Gasteiger partial charge in [0.1, 0.15) is 10.1 Å². The van der Waals surface area contributed by atoms with Crippen LogP contribution in [0.4, 0.5) is 0 Å². The molecule has 0 saturated heterocycles. The van der Waals surface area contributed by atoms with Crippen LogP contribution in [-0.2, 0) is 15.3 Å². The van der Waals surface area contributed by atoms with E-state index in [1.54, 1.807) is 17.0 Å². The zero-order chi connectivity index (χ0) is 16.5. The molecule has 0 aromatic heterocycles. The Hall–Kier alpha value is -1.05. The van der Waals surface area contributed by atoms with Crippen LogP contribution in [-0.4, -0.2) is 40.0 Å². The molecule has 120 valence electrons. The second-order valence-corrected chi connectivity index (χ2v) is 7.18. The Morgan fingerprint density at radius 3 is 2.45 bits per heavy atom. The van der Waals surface area contributed by atoms with Crippen molar-refractivity contribution in [3.8, 4) is 0 Å². The summed E-state index contributed by atoms with van der Waals surface area (Å²) >= 11 is 10.4. The Labute approximate surface area is 146 Å². The fourth-order valence-electron chi connectivity index (χ4n) is 1.77. The molecule has 0 N–H and O–H groups in total. The van der Waals surface area contributed by atoms with Gasteiger partial charge in [0.15, 0.2) is 0 Å². The first-order valence-corrected chi connectivity index (χ1v) is 8.65. The summed E-state index contributed by atoms with van der Waals surface area (Å²) < 4.78 is 5.48. The highest BCUT2D eigenvalue weighted by atomic mass is 32.2. The third-order valence-corrected chi connectivity index (χ3v) is 4.36. The Bertz CT molecular complexity index is 531. The number of nitrogens with zero attached hydrogens (tertiary/aromatic N) is 1. The molecular weight excluding hydrogens is 338 g/mol. The van der Waals surface area contributed by atoms with E-state index in [9.17, 15) is 9.59 Å². The molecule has 1 amide bonds. The van der Waals surface area contributed by atoms with E-state index >= 15 is 0 Å². The van der Waals surface area contributed by atoms with E-state index in [1.165, 1.54) is 18.7 Å². The molecule has 22 heavy (non-hydrogen) atoms. The number of carbonyl (C=O) groups excluding carboxylic acids is 2. The number of hydrogen-bond donors (Lipinski definition) is 1. The lowest BCUT2D eigenvalue weighted by atomic mass is 10.1. The maximum absolute atomic E-state index is 12.4. The number of thiocarbonyl (C=S) groups is 1. The van der Waals surface area contributed by atoms with E-state index < -0.39 is 0 Å². The number of rotatable bonds is 7. The highest BCUT2D eigenvalue weighted by Crippen LogP contribution is 2.17. The average molecular weight is 358 g/mol. The summed E-state index contributed by atoms with van der Waals surface area (Å²) in [7, 11) is 0. The lowest BCUT2D eigenvalue weighted by Crippen LogP contribution is -2.34. The van der Waals surface area contributed by atoms with Gasteiger partial charge >= 0.3 is 5.97 Å². The Morgan fingerprint density at radius 1 is 1.32 bits per heavy atom. The zero-order valence-corrected chi connectivity index (χ0v) is 15.1. The van der Waals surface area contributed by atoms with Crippen LogP contribution in [0.1, 0.15) is 29.8 Å². The molecule has 1 aromatic carbocycles. The normalized spacial score (nSPS) is 10.1. The Kier molecular flexibility index (Phi) is 8.52. The second kappa shape index (κ2) is 9.86. The Balaban J connectivity index is 2.62. The van der Waals surface area contributed by atoms with Gasteiger partial charge in [0.25, 0.3) is 5.91 Å². The van der Waals surface area contributed by atoms with Crippen molar-refractivity contribution in [3.63, 3.8) is 0 Å². The van der Waals surface area contributed by atoms with Gasteiger partial charge in [0.05, 0.1) is 6.54 Å². The largest absolute Gasteiger partial charge is 0.464 e. The smallest absolute Gasteiger partial charge is 0.302 e. The van der Waals surface area contributed by atoms with Gasteiger partial charge in [-0.15, -0.1) is 24.4 Å². The van der Waals surface area contributed by atoms with Crippen molar-refractivity contribution in [3.05, 3.63) is 35.4 Å². The fourth-order valence-corrected chi connectivity index (χ4v) is 2.63. The summed E-state index contributed by atoms with van der Waals surface area (Å²) in [5, 5.41) is 0. The van der Waals surface area contributed by atoms with Crippen molar-refractivity contribution in [1.29, 1.82) is 0 Å².